The molecule has 19 heavy (non-hydrogen) atoms. The zero-order valence-corrected chi connectivity index (χ0v) is 11.3. The number of aliphatic hydroxyl groups is 1. The van der Waals surface area contributed by atoms with Gasteiger partial charge in [0.05, 0.1) is 5.56 Å². The summed E-state index contributed by atoms with van der Waals surface area (Å²) in [5.74, 6) is -0.996. The predicted octanol–water partition coefficient (Wildman–Crippen LogP) is 3.28. The highest BCUT2D eigenvalue weighted by Crippen LogP contribution is 2.35. The lowest BCUT2D eigenvalue weighted by Crippen LogP contribution is -2.32. The first-order valence-corrected chi connectivity index (χ1v) is 5.32. The lowest BCUT2D eigenvalue weighted by Gasteiger charge is -2.30. The second-order valence-corrected chi connectivity index (χ2v) is 4.90. The number of alkyl halides is 3. The maximum absolute atomic E-state index is 13.2. The van der Waals surface area contributed by atoms with Gasteiger partial charge in [-0.3, -0.25) is 0 Å². The van der Waals surface area contributed by atoms with E-state index in [1.165, 1.54) is 0 Å². The average molecular weight is 302 g/mol. The van der Waals surface area contributed by atoms with Crippen molar-refractivity contribution in [1.82, 2.24) is 0 Å². The summed E-state index contributed by atoms with van der Waals surface area (Å²) in [6.07, 6.45) is -4.63. The van der Waals surface area contributed by atoms with Gasteiger partial charge in [0.2, 0.25) is 0 Å². The molecule has 3 N–H and O–H groups in total. The van der Waals surface area contributed by atoms with Crippen LogP contribution in [-0.2, 0) is 6.18 Å². The van der Waals surface area contributed by atoms with Crippen molar-refractivity contribution in [3.05, 3.63) is 35.1 Å². The van der Waals surface area contributed by atoms with E-state index < -0.39 is 29.0 Å². The highest BCUT2D eigenvalue weighted by molar-refractivity contribution is 5.85. The Labute approximate surface area is 115 Å². The molecule has 0 aromatic heterocycles. The molecule has 0 saturated heterocycles. The van der Waals surface area contributed by atoms with Gasteiger partial charge in [-0.25, -0.2) is 4.39 Å². The number of benzene rings is 1. The second kappa shape index (κ2) is 6.07. The lowest BCUT2D eigenvalue weighted by molar-refractivity contribution is -0.137. The maximum Gasteiger partial charge on any atom is 0.416 e. The molecule has 1 aromatic carbocycles. The van der Waals surface area contributed by atoms with Crippen molar-refractivity contribution in [2.45, 2.75) is 26.1 Å². The van der Waals surface area contributed by atoms with Gasteiger partial charge in [-0.15, -0.1) is 12.4 Å². The summed E-state index contributed by atoms with van der Waals surface area (Å²) in [6.45, 7) is 2.87. The first-order chi connectivity index (χ1) is 8.08. The SMILES string of the molecule is CC(C)(CO)[C@H](N)c1cc(F)cc(C(F)(F)F)c1.Cl. The van der Waals surface area contributed by atoms with Crippen molar-refractivity contribution < 1.29 is 22.7 Å². The average Bonchev–Trinajstić information content (AvgIpc) is 2.26. The van der Waals surface area contributed by atoms with Crippen molar-refractivity contribution in [3.63, 3.8) is 0 Å². The van der Waals surface area contributed by atoms with Crippen LogP contribution >= 0.6 is 12.4 Å². The quantitative estimate of drug-likeness (QED) is 0.842. The number of halogens is 5. The first kappa shape index (κ1) is 18.1. The van der Waals surface area contributed by atoms with Gasteiger partial charge in [0.1, 0.15) is 5.82 Å². The molecule has 0 amide bonds. The Morgan fingerprint density at radius 3 is 2.16 bits per heavy atom. The van der Waals surface area contributed by atoms with Crippen molar-refractivity contribution in [3.8, 4) is 0 Å². The fourth-order valence-electron chi connectivity index (χ4n) is 1.51. The van der Waals surface area contributed by atoms with E-state index in [9.17, 15) is 17.6 Å². The molecular weight excluding hydrogens is 286 g/mol. The molecular formula is C12H16ClF4NO. The third kappa shape index (κ3) is 4.33. The molecule has 110 valence electrons. The van der Waals surface area contributed by atoms with Crippen LogP contribution in [0, 0.1) is 11.2 Å². The van der Waals surface area contributed by atoms with Gasteiger partial charge in [-0.1, -0.05) is 13.8 Å². The van der Waals surface area contributed by atoms with Crippen molar-refractivity contribution >= 4 is 12.4 Å². The number of hydrogen-bond acceptors (Lipinski definition) is 2. The molecule has 0 fully saturated rings. The van der Waals surface area contributed by atoms with Crippen LogP contribution in [0.3, 0.4) is 0 Å². The number of nitrogens with two attached hydrogens (primary N) is 1. The molecule has 1 aromatic rings. The smallest absolute Gasteiger partial charge is 0.396 e. The third-order valence-corrected chi connectivity index (χ3v) is 2.86. The fourth-order valence-corrected chi connectivity index (χ4v) is 1.51. The van der Waals surface area contributed by atoms with Gasteiger partial charge in [0, 0.05) is 18.1 Å². The summed E-state index contributed by atoms with van der Waals surface area (Å²) >= 11 is 0. The van der Waals surface area contributed by atoms with Crippen LogP contribution < -0.4 is 5.73 Å². The Morgan fingerprint density at radius 2 is 1.74 bits per heavy atom. The van der Waals surface area contributed by atoms with E-state index in [0.717, 1.165) is 12.1 Å². The molecule has 0 heterocycles. The van der Waals surface area contributed by atoms with Gasteiger partial charge in [0.15, 0.2) is 0 Å². The summed E-state index contributed by atoms with van der Waals surface area (Å²) in [5, 5.41) is 9.13. The van der Waals surface area contributed by atoms with E-state index in [1.807, 2.05) is 0 Å². The van der Waals surface area contributed by atoms with E-state index in [0.29, 0.717) is 6.07 Å². The summed E-state index contributed by atoms with van der Waals surface area (Å²) in [4.78, 5) is 0. The third-order valence-electron chi connectivity index (χ3n) is 2.86. The summed E-state index contributed by atoms with van der Waals surface area (Å²) < 4.78 is 50.8. The van der Waals surface area contributed by atoms with Gasteiger partial charge >= 0.3 is 6.18 Å². The Kier molecular flexibility index (Phi) is 5.80. The number of aliphatic hydroxyl groups excluding tert-OH is 1. The minimum Gasteiger partial charge on any atom is -0.396 e. The van der Waals surface area contributed by atoms with Crippen molar-refractivity contribution in [1.29, 1.82) is 0 Å². The molecule has 1 rings (SSSR count). The maximum atomic E-state index is 13.2. The minimum absolute atomic E-state index is 0. The molecule has 0 aliphatic rings. The summed E-state index contributed by atoms with van der Waals surface area (Å²) in [6, 6.07) is 1.30. The highest BCUT2D eigenvalue weighted by Gasteiger charge is 2.34. The van der Waals surface area contributed by atoms with E-state index in [-0.39, 0.29) is 24.6 Å². The minimum atomic E-state index is -4.63. The van der Waals surface area contributed by atoms with E-state index >= 15 is 0 Å². The summed E-state index contributed by atoms with van der Waals surface area (Å²) in [7, 11) is 0. The largest absolute Gasteiger partial charge is 0.416 e. The Hall–Kier alpha value is -0.850. The van der Waals surface area contributed by atoms with Crippen LogP contribution in [0.15, 0.2) is 18.2 Å². The van der Waals surface area contributed by atoms with Crippen LogP contribution in [0.1, 0.15) is 31.0 Å². The molecule has 0 aliphatic carbocycles. The van der Waals surface area contributed by atoms with Gasteiger partial charge in [-0.05, 0) is 23.8 Å². The van der Waals surface area contributed by atoms with Gasteiger partial charge in [-0.2, -0.15) is 13.2 Å². The standard InChI is InChI=1S/C12H15F4NO.ClH/c1-11(2,6-18)10(17)7-3-8(12(14,15)16)5-9(13)4-7;/h3-5,10,18H,6,17H2,1-2H3;1H/t10-;/m1./s1. The zero-order valence-electron chi connectivity index (χ0n) is 10.5. The number of rotatable bonds is 3. The molecule has 1 atom stereocenters. The van der Waals surface area contributed by atoms with E-state index in [4.69, 9.17) is 10.8 Å². The predicted molar refractivity (Wildman–Crippen MR) is 66.4 cm³/mol. The van der Waals surface area contributed by atoms with Crippen molar-refractivity contribution in [2.24, 2.45) is 11.1 Å². The van der Waals surface area contributed by atoms with Crippen LogP contribution in [-0.4, -0.2) is 11.7 Å². The zero-order chi connectivity index (χ0) is 14.1. The highest BCUT2D eigenvalue weighted by atomic mass is 35.5. The van der Waals surface area contributed by atoms with Crippen LogP contribution in [0.5, 0.6) is 0 Å². The second-order valence-electron chi connectivity index (χ2n) is 4.90. The topological polar surface area (TPSA) is 46.2 Å². The molecule has 0 aliphatic heterocycles. The summed E-state index contributed by atoms with van der Waals surface area (Å²) in [5.41, 5.74) is 3.87. The fraction of sp³-hybridized carbons (Fsp3) is 0.500. The first-order valence-electron chi connectivity index (χ1n) is 5.32. The molecule has 0 unspecified atom stereocenters. The van der Waals surface area contributed by atoms with E-state index in [2.05, 4.69) is 0 Å². The van der Waals surface area contributed by atoms with Gasteiger partial charge < -0.3 is 10.8 Å². The molecule has 0 saturated carbocycles. The van der Waals surface area contributed by atoms with E-state index in [1.54, 1.807) is 13.8 Å². The Morgan fingerprint density at radius 1 is 1.21 bits per heavy atom. The molecule has 0 radical (unpaired) electrons. The van der Waals surface area contributed by atoms with Crippen LogP contribution in [0.4, 0.5) is 17.6 Å². The van der Waals surface area contributed by atoms with Crippen LogP contribution in [0.2, 0.25) is 0 Å². The molecule has 7 heteroatoms. The molecule has 0 bridgehead atoms. The Balaban J connectivity index is 0.00000324. The van der Waals surface area contributed by atoms with Crippen LogP contribution in [0.25, 0.3) is 0 Å². The molecule has 2 nitrogen and oxygen atoms in total. The normalized spacial score (nSPS) is 13.9. The van der Waals surface area contributed by atoms with Crippen molar-refractivity contribution in [2.75, 3.05) is 6.61 Å². The Bertz CT molecular complexity index is 434. The number of hydrogen-bond donors (Lipinski definition) is 2. The monoisotopic (exact) mass is 301 g/mol. The lowest BCUT2D eigenvalue weighted by atomic mass is 9.81. The van der Waals surface area contributed by atoms with Gasteiger partial charge in [0.25, 0.3) is 0 Å². The molecule has 0 spiro atoms.